The predicted molar refractivity (Wildman–Crippen MR) is 61.3 cm³/mol. The number of hydrogen-bond acceptors (Lipinski definition) is 3. The largest absolute Gasteiger partial charge is 0.394 e. The third kappa shape index (κ3) is 2.28. The molecule has 0 saturated carbocycles. The summed E-state index contributed by atoms with van der Waals surface area (Å²) in [5.74, 6) is -0.129. The molecule has 1 fully saturated rings. The van der Waals surface area contributed by atoms with Crippen LogP contribution in [0.25, 0.3) is 0 Å². The Hall–Kier alpha value is -0.870. The van der Waals surface area contributed by atoms with Gasteiger partial charge in [-0.05, 0) is 25.3 Å². The first kappa shape index (κ1) is 11.6. The van der Waals surface area contributed by atoms with Gasteiger partial charge in [0.1, 0.15) is 0 Å². The van der Waals surface area contributed by atoms with Gasteiger partial charge in [-0.1, -0.05) is 11.6 Å². The van der Waals surface area contributed by atoms with Crippen LogP contribution in [0.5, 0.6) is 0 Å². The minimum atomic E-state index is -0.423. The van der Waals surface area contributed by atoms with E-state index < -0.39 is 5.82 Å². The van der Waals surface area contributed by atoms with E-state index in [0.717, 1.165) is 25.8 Å². The van der Waals surface area contributed by atoms with E-state index in [1.165, 1.54) is 12.3 Å². The number of aliphatic hydroxyl groups excluding tert-OH is 1. The first-order valence-electron chi connectivity index (χ1n) is 5.41. The third-order valence-corrected chi connectivity index (χ3v) is 3.11. The van der Waals surface area contributed by atoms with Gasteiger partial charge in [-0.25, -0.2) is 9.37 Å². The quantitative estimate of drug-likeness (QED) is 0.867. The van der Waals surface area contributed by atoms with Gasteiger partial charge >= 0.3 is 0 Å². The summed E-state index contributed by atoms with van der Waals surface area (Å²) in [5.41, 5.74) is 0. The average Bonchev–Trinajstić information content (AvgIpc) is 2.29. The summed E-state index contributed by atoms with van der Waals surface area (Å²) in [5, 5.41) is 9.54. The first-order valence-corrected chi connectivity index (χ1v) is 5.78. The van der Waals surface area contributed by atoms with Crippen molar-refractivity contribution in [2.24, 2.45) is 0 Å². The number of rotatable bonds is 2. The molecule has 1 saturated heterocycles. The molecule has 1 aromatic heterocycles. The van der Waals surface area contributed by atoms with Gasteiger partial charge in [-0.3, -0.25) is 0 Å². The Morgan fingerprint density at radius 1 is 1.56 bits per heavy atom. The average molecular weight is 245 g/mol. The van der Waals surface area contributed by atoms with Crippen LogP contribution in [0.2, 0.25) is 5.02 Å². The monoisotopic (exact) mass is 244 g/mol. The summed E-state index contributed by atoms with van der Waals surface area (Å²) in [7, 11) is 0. The molecular weight excluding hydrogens is 231 g/mol. The molecule has 0 bridgehead atoms. The number of piperidine rings is 1. The summed E-state index contributed by atoms with van der Waals surface area (Å²) in [6, 6.07) is 1.23. The summed E-state index contributed by atoms with van der Waals surface area (Å²) < 4.78 is 13.7. The van der Waals surface area contributed by atoms with E-state index in [0.29, 0.717) is 10.8 Å². The highest BCUT2D eigenvalue weighted by atomic mass is 35.5. The fourth-order valence-corrected chi connectivity index (χ4v) is 2.23. The maximum absolute atomic E-state index is 13.7. The van der Waals surface area contributed by atoms with Crippen molar-refractivity contribution in [3.8, 4) is 0 Å². The van der Waals surface area contributed by atoms with Crippen molar-refractivity contribution in [1.29, 1.82) is 0 Å². The molecule has 0 aliphatic carbocycles. The molecule has 0 radical (unpaired) electrons. The Bertz CT molecular complexity index is 375. The van der Waals surface area contributed by atoms with Crippen molar-refractivity contribution < 1.29 is 9.50 Å². The highest BCUT2D eigenvalue weighted by Crippen LogP contribution is 2.26. The van der Waals surface area contributed by atoms with E-state index >= 15 is 0 Å². The fourth-order valence-electron chi connectivity index (χ4n) is 2.09. The maximum Gasteiger partial charge on any atom is 0.167 e. The second-order valence-corrected chi connectivity index (χ2v) is 4.42. The molecule has 1 unspecified atom stereocenters. The predicted octanol–water partition coefficient (Wildman–Crippen LogP) is 2.23. The normalized spacial score (nSPS) is 21.2. The summed E-state index contributed by atoms with van der Waals surface area (Å²) in [6.07, 6.45) is 4.38. The lowest BCUT2D eigenvalue weighted by atomic mass is 10.0. The molecule has 1 aliphatic rings. The van der Waals surface area contributed by atoms with E-state index in [9.17, 15) is 9.50 Å². The zero-order chi connectivity index (χ0) is 11.5. The molecule has 16 heavy (non-hydrogen) atoms. The molecule has 0 spiro atoms. The van der Waals surface area contributed by atoms with Gasteiger partial charge in [0.2, 0.25) is 0 Å². The van der Waals surface area contributed by atoms with E-state index in [2.05, 4.69) is 4.98 Å². The Morgan fingerprint density at radius 3 is 3.06 bits per heavy atom. The first-order chi connectivity index (χ1) is 7.72. The van der Waals surface area contributed by atoms with Crippen LogP contribution in [0, 0.1) is 5.82 Å². The Balaban J connectivity index is 2.27. The highest BCUT2D eigenvalue weighted by Gasteiger charge is 2.25. The van der Waals surface area contributed by atoms with E-state index in [1.54, 1.807) is 0 Å². The number of anilines is 1. The van der Waals surface area contributed by atoms with Gasteiger partial charge in [0.15, 0.2) is 11.6 Å². The zero-order valence-corrected chi connectivity index (χ0v) is 9.62. The molecule has 0 aromatic carbocycles. The second-order valence-electron chi connectivity index (χ2n) is 3.98. The van der Waals surface area contributed by atoms with E-state index in [1.807, 2.05) is 4.90 Å². The molecule has 1 N–H and O–H groups in total. The molecule has 0 amide bonds. The fraction of sp³-hybridized carbons (Fsp3) is 0.545. The number of nitrogens with zero attached hydrogens (tertiary/aromatic N) is 2. The number of aromatic nitrogens is 1. The van der Waals surface area contributed by atoms with Gasteiger partial charge in [-0.15, -0.1) is 0 Å². The van der Waals surface area contributed by atoms with Crippen molar-refractivity contribution in [1.82, 2.24) is 4.98 Å². The van der Waals surface area contributed by atoms with E-state index in [4.69, 9.17) is 11.6 Å². The number of aliphatic hydroxyl groups is 1. The van der Waals surface area contributed by atoms with Crippen LogP contribution in [0.15, 0.2) is 12.3 Å². The minimum Gasteiger partial charge on any atom is -0.394 e. The Morgan fingerprint density at radius 2 is 2.38 bits per heavy atom. The van der Waals surface area contributed by atoms with Crippen LogP contribution in [-0.4, -0.2) is 29.3 Å². The molecule has 2 rings (SSSR count). The standard InChI is InChI=1S/C11H14ClFN2O/c12-8-5-10(13)11(14-6-8)15-4-2-1-3-9(15)7-16/h5-6,9,16H,1-4,7H2. The van der Waals surface area contributed by atoms with Crippen LogP contribution >= 0.6 is 11.6 Å². The van der Waals surface area contributed by atoms with Crippen molar-refractivity contribution in [3.05, 3.63) is 23.1 Å². The Kier molecular flexibility index (Phi) is 3.61. The van der Waals surface area contributed by atoms with Gasteiger partial charge in [0.25, 0.3) is 0 Å². The summed E-state index contributed by atoms with van der Waals surface area (Å²) in [6.45, 7) is 0.764. The van der Waals surface area contributed by atoms with Crippen LogP contribution < -0.4 is 4.90 Å². The topological polar surface area (TPSA) is 36.4 Å². The number of pyridine rings is 1. The molecule has 3 nitrogen and oxygen atoms in total. The van der Waals surface area contributed by atoms with Gasteiger partial charge in [0.05, 0.1) is 17.7 Å². The van der Waals surface area contributed by atoms with Crippen LogP contribution in [-0.2, 0) is 0 Å². The van der Waals surface area contributed by atoms with Gasteiger partial charge < -0.3 is 10.0 Å². The SMILES string of the molecule is OCC1CCCCN1c1ncc(Cl)cc1F. The lowest BCUT2D eigenvalue weighted by Gasteiger charge is -2.35. The molecule has 2 heterocycles. The Labute approximate surface area is 98.9 Å². The second kappa shape index (κ2) is 4.97. The van der Waals surface area contributed by atoms with Crippen LogP contribution in [0.3, 0.4) is 0 Å². The van der Waals surface area contributed by atoms with Crippen molar-refractivity contribution in [3.63, 3.8) is 0 Å². The molecule has 88 valence electrons. The van der Waals surface area contributed by atoms with Gasteiger partial charge in [0, 0.05) is 12.7 Å². The van der Waals surface area contributed by atoms with Gasteiger partial charge in [-0.2, -0.15) is 0 Å². The summed E-state index contributed by atoms with van der Waals surface area (Å²) >= 11 is 5.66. The van der Waals surface area contributed by atoms with Crippen molar-refractivity contribution >= 4 is 17.4 Å². The minimum absolute atomic E-state index is 0.0306. The highest BCUT2D eigenvalue weighted by molar-refractivity contribution is 6.30. The van der Waals surface area contributed by atoms with Crippen LogP contribution in [0.4, 0.5) is 10.2 Å². The van der Waals surface area contributed by atoms with Crippen molar-refractivity contribution in [2.75, 3.05) is 18.1 Å². The maximum atomic E-state index is 13.7. The number of hydrogen-bond donors (Lipinski definition) is 1. The lowest BCUT2D eigenvalue weighted by Crippen LogP contribution is -2.42. The summed E-state index contributed by atoms with van der Waals surface area (Å²) in [4.78, 5) is 5.84. The zero-order valence-electron chi connectivity index (χ0n) is 8.87. The molecule has 1 aromatic rings. The molecule has 1 aliphatic heterocycles. The number of halogens is 2. The molecule has 5 heteroatoms. The van der Waals surface area contributed by atoms with Crippen molar-refractivity contribution in [2.45, 2.75) is 25.3 Å². The molecular formula is C11H14ClFN2O. The third-order valence-electron chi connectivity index (χ3n) is 2.90. The lowest BCUT2D eigenvalue weighted by molar-refractivity contribution is 0.238. The van der Waals surface area contributed by atoms with Crippen LogP contribution in [0.1, 0.15) is 19.3 Å². The van der Waals surface area contributed by atoms with E-state index in [-0.39, 0.29) is 12.6 Å². The molecule has 1 atom stereocenters. The smallest absolute Gasteiger partial charge is 0.167 e.